The number of anilines is 1. The fourth-order valence-electron chi connectivity index (χ4n) is 3.46. The van der Waals surface area contributed by atoms with Crippen LogP contribution in [0.25, 0.3) is 0 Å². The molecule has 2 aromatic rings. The van der Waals surface area contributed by atoms with Crippen molar-refractivity contribution in [1.29, 1.82) is 0 Å². The second-order valence-electron chi connectivity index (χ2n) is 6.18. The Morgan fingerprint density at radius 2 is 1.96 bits per heavy atom. The van der Waals surface area contributed by atoms with Crippen molar-refractivity contribution < 1.29 is 9.47 Å². The van der Waals surface area contributed by atoms with Gasteiger partial charge in [-0.3, -0.25) is 4.98 Å². The Morgan fingerprint density at radius 1 is 1.12 bits per heavy atom. The summed E-state index contributed by atoms with van der Waals surface area (Å²) in [6.45, 7) is 0.269. The Hall–Kier alpha value is -2.34. The van der Waals surface area contributed by atoms with Crippen LogP contribution in [-0.2, 0) is 5.54 Å². The lowest BCUT2D eigenvalue weighted by Gasteiger charge is -2.32. The molecule has 2 aliphatic rings. The first kappa shape index (κ1) is 15.2. The van der Waals surface area contributed by atoms with Gasteiger partial charge in [-0.25, -0.2) is 0 Å². The van der Waals surface area contributed by atoms with Crippen LogP contribution < -0.4 is 20.1 Å². The fourth-order valence-corrected chi connectivity index (χ4v) is 3.78. The Labute approximate surface area is 146 Å². The summed E-state index contributed by atoms with van der Waals surface area (Å²) >= 11 is 5.56. The van der Waals surface area contributed by atoms with E-state index < -0.39 is 0 Å². The van der Waals surface area contributed by atoms with E-state index >= 15 is 0 Å². The maximum atomic E-state index is 5.56. The number of fused-ring (bicyclic) bond motifs is 1. The molecule has 1 aliphatic carbocycles. The van der Waals surface area contributed by atoms with Gasteiger partial charge in [-0.2, -0.15) is 0 Å². The smallest absolute Gasteiger partial charge is 0.231 e. The Kier molecular flexibility index (Phi) is 3.98. The Balaban J connectivity index is 1.50. The van der Waals surface area contributed by atoms with Crippen LogP contribution >= 0.6 is 12.2 Å². The SMILES string of the molecule is S=C(Nc1ccc2c(c1)OCO2)NC1(c2cccnc2)CCCC1. The van der Waals surface area contributed by atoms with Gasteiger partial charge in [0, 0.05) is 24.1 Å². The quantitative estimate of drug-likeness (QED) is 0.833. The molecule has 0 amide bonds. The molecule has 0 bridgehead atoms. The molecule has 1 fully saturated rings. The van der Waals surface area contributed by atoms with Crippen molar-refractivity contribution in [3.05, 3.63) is 48.3 Å². The van der Waals surface area contributed by atoms with Crippen LogP contribution in [0.15, 0.2) is 42.7 Å². The number of ether oxygens (including phenoxy) is 2. The minimum Gasteiger partial charge on any atom is -0.454 e. The number of thiocarbonyl (C=S) groups is 1. The van der Waals surface area contributed by atoms with Crippen LogP contribution in [0.2, 0.25) is 0 Å². The number of benzene rings is 1. The third-order valence-corrected chi connectivity index (χ3v) is 4.86. The number of hydrogen-bond donors (Lipinski definition) is 2. The molecule has 0 saturated heterocycles. The van der Waals surface area contributed by atoms with Crippen molar-refractivity contribution in [3.8, 4) is 11.5 Å². The summed E-state index contributed by atoms with van der Waals surface area (Å²) in [5.41, 5.74) is 1.95. The molecule has 0 atom stereocenters. The van der Waals surface area contributed by atoms with Crippen molar-refractivity contribution in [2.45, 2.75) is 31.2 Å². The summed E-state index contributed by atoms with van der Waals surface area (Å²) in [5.74, 6) is 1.51. The molecule has 24 heavy (non-hydrogen) atoms. The Bertz CT molecular complexity index is 745. The van der Waals surface area contributed by atoms with Gasteiger partial charge in [0.25, 0.3) is 0 Å². The highest BCUT2D eigenvalue weighted by Gasteiger charge is 2.36. The molecule has 124 valence electrons. The fraction of sp³-hybridized carbons (Fsp3) is 0.333. The summed E-state index contributed by atoms with van der Waals surface area (Å²) < 4.78 is 10.7. The molecule has 0 spiro atoms. The third-order valence-electron chi connectivity index (χ3n) is 4.65. The second-order valence-corrected chi connectivity index (χ2v) is 6.59. The number of hydrogen-bond acceptors (Lipinski definition) is 4. The van der Waals surface area contributed by atoms with E-state index in [2.05, 4.69) is 21.7 Å². The van der Waals surface area contributed by atoms with Gasteiger partial charge in [-0.05, 0) is 48.8 Å². The van der Waals surface area contributed by atoms with E-state index in [-0.39, 0.29) is 12.3 Å². The highest BCUT2D eigenvalue weighted by atomic mass is 32.1. The van der Waals surface area contributed by atoms with Crippen LogP contribution in [0, 0.1) is 0 Å². The van der Waals surface area contributed by atoms with Crippen molar-refractivity contribution in [2.24, 2.45) is 0 Å². The lowest BCUT2D eigenvalue weighted by atomic mass is 9.89. The van der Waals surface area contributed by atoms with Crippen molar-refractivity contribution in [3.63, 3.8) is 0 Å². The van der Waals surface area contributed by atoms with Gasteiger partial charge in [-0.1, -0.05) is 18.9 Å². The van der Waals surface area contributed by atoms with E-state index in [1.807, 2.05) is 30.5 Å². The van der Waals surface area contributed by atoms with Gasteiger partial charge in [0.05, 0.1) is 5.54 Å². The monoisotopic (exact) mass is 341 g/mol. The van der Waals surface area contributed by atoms with Crippen molar-refractivity contribution in [1.82, 2.24) is 10.3 Å². The second kappa shape index (κ2) is 6.28. The maximum absolute atomic E-state index is 5.56. The zero-order chi connectivity index (χ0) is 16.4. The number of rotatable bonds is 3. The number of aromatic nitrogens is 1. The standard InChI is InChI=1S/C18H19N3O2S/c24-17(20-14-5-6-15-16(10-14)23-12-22-15)21-18(7-1-2-8-18)13-4-3-9-19-11-13/h3-6,9-11H,1-2,7-8,12H2,(H2,20,21,24). The van der Waals surface area contributed by atoms with Crippen LogP contribution in [0.3, 0.4) is 0 Å². The molecule has 2 N–H and O–H groups in total. The minimum absolute atomic E-state index is 0.130. The van der Waals surface area contributed by atoms with Crippen LogP contribution in [0.4, 0.5) is 5.69 Å². The predicted molar refractivity (Wildman–Crippen MR) is 96.3 cm³/mol. The zero-order valence-corrected chi connectivity index (χ0v) is 14.1. The van der Waals surface area contributed by atoms with Gasteiger partial charge in [-0.15, -0.1) is 0 Å². The number of nitrogens with one attached hydrogen (secondary N) is 2. The van der Waals surface area contributed by atoms with E-state index in [1.165, 1.54) is 18.4 Å². The molecule has 1 aromatic heterocycles. The lowest BCUT2D eigenvalue weighted by molar-refractivity contribution is 0.174. The zero-order valence-electron chi connectivity index (χ0n) is 13.2. The largest absolute Gasteiger partial charge is 0.454 e. The molecule has 4 rings (SSSR count). The van der Waals surface area contributed by atoms with E-state index in [4.69, 9.17) is 21.7 Å². The van der Waals surface area contributed by atoms with Gasteiger partial charge in [0.1, 0.15) is 0 Å². The maximum Gasteiger partial charge on any atom is 0.231 e. The van der Waals surface area contributed by atoms with E-state index in [9.17, 15) is 0 Å². The summed E-state index contributed by atoms with van der Waals surface area (Å²) in [6, 6.07) is 9.83. The van der Waals surface area contributed by atoms with E-state index in [0.717, 1.165) is 30.0 Å². The summed E-state index contributed by atoms with van der Waals surface area (Å²) in [5, 5.41) is 7.40. The molecule has 1 saturated carbocycles. The predicted octanol–water partition coefficient (Wildman–Crippen LogP) is 3.57. The normalized spacial score (nSPS) is 17.5. The molecular weight excluding hydrogens is 322 g/mol. The molecule has 1 aliphatic heterocycles. The first-order valence-electron chi connectivity index (χ1n) is 8.15. The minimum atomic E-state index is -0.130. The van der Waals surface area contributed by atoms with Crippen LogP contribution in [0.1, 0.15) is 31.2 Å². The molecular formula is C18H19N3O2S. The molecule has 5 nitrogen and oxygen atoms in total. The topological polar surface area (TPSA) is 55.4 Å². The molecule has 2 heterocycles. The van der Waals surface area contributed by atoms with Gasteiger partial charge in [0.2, 0.25) is 6.79 Å². The van der Waals surface area contributed by atoms with Crippen molar-refractivity contribution in [2.75, 3.05) is 12.1 Å². The summed E-state index contributed by atoms with van der Waals surface area (Å²) in [6.07, 6.45) is 8.23. The summed E-state index contributed by atoms with van der Waals surface area (Å²) in [7, 11) is 0. The van der Waals surface area contributed by atoms with E-state index in [1.54, 1.807) is 6.20 Å². The molecule has 0 radical (unpaired) electrons. The molecule has 0 unspecified atom stereocenters. The van der Waals surface area contributed by atoms with Gasteiger partial charge < -0.3 is 20.1 Å². The van der Waals surface area contributed by atoms with Crippen LogP contribution in [0.5, 0.6) is 11.5 Å². The van der Waals surface area contributed by atoms with Crippen molar-refractivity contribution >= 4 is 23.0 Å². The van der Waals surface area contributed by atoms with Gasteiger partial charge >= 0.3 is 0 Å². The lowest BCUT2D eigenvalue weighted by Crippen LogP contribution is -2.45. The highest BCUT2D eigenvalue weighted by molar-refractivity contribution is 7.80. The summed E-state index contributed by atoms with van der Waals surface area (Å²) in [4.78, 5) is 4.27. The average Bonchev–Trinajstić information content (AvgIpc) is 3.25. The number of nitrogens with zero attached hydrogens (tertiary/aromatic N) is 1. The first-order valence-corrected chi connectivity index (χ1v) is 8.55. The highest BCUT2D eigenvalue weighted by Crippen LogP contribution is 2.39. The van der Waals surface area contributed by atoms with Gasteiger partial charge in [0.15, 0.2) is 16.6 Å². The third kappa shape index (κ3) is 2.89. The molecule has 1 aromatic carbocycles. The average molecular weight is 341 g/mol. The number of pyridine rings is 1. The molecule has 6 heteroatoms. The Morgan fingerprint density at radius 3 is 2.75 bits per heavy atom. The van der Waals surface area contributed by atoms with E-state index in [0.29, 0.717) is 5.11 Å². The van der Waals surface area contributed by atoms with Crippen LogP contribution in [-0.4, -0.2) is 16.9 Å². The first-order chi connectivity index (χ1) is 11.8.